The standard InChI is InChI=1S/C23H31N7O2.C13H20N4.C11H12ClN3.C11H12N6.C7H10O2.2C5H13N.C3H4Cl2O/c1-23(2,3)32-22(31)19-15-30(26-25-19)14-18-13-29-12-17(16-5-6-16)11-20(21(29)24-18)28-9-7-27(4)8-10-28;1-16-4-6-17(7-5-16)12-8-11(10-2-3-10)9-15-13(12)14;12-4-9-6-15-5-8(7-1-2-7)3-10(13)11(15)14-9;12-10-3-8(7-1-2-7)5-17-6-9(4-14-16-13)15-11(10)17;1-5-6(8)9-7(2,3)4;2*1-4-6(3)5-2;4-1-3(6)2-5/h11-13,15-16H,5-10,14H2,1-4H3;8-10H,2-7H2,1H3,(H2,14,15);3,5-7H,1-2,4,13H2;3,5-7H,1-2,4,12H2;1H,2-4H3;2*4-5H2,1-3H3;1-2H2. The van der Waals surface area contributed by atoms with Gasteiger partial charge in [-0.25, -0.2) is 34.2 Å². The van der Waals surface area contributed by atoms with Crippen LogP contribution >= 0.6 is 34.8 Å². The molecule has 14 rings (SSSR count). The van der Waals surface area contributed by atoms with E-state index in [4.69, 9.17) is 78.4 Å². The van der Waals surface area contributed by atoms with Crippen LogP contribution in [-0.2, 0) is 38.0 Å². The molecule has 588 valence electrons. The van der Waals surface area contributed by atoms with Gasteiger partial charge >= 0.3 is 11.9 Å². The number of likely N-dealkylation sites (N-methyl/N-ethyl adjacent to an activating group) is 2. The van der Waals surface area contributed by atoms with Gasteiger partial charge in [-0.1, -0.05) is 38.0 Å². The van der Waals surface area contributed by atoms with Gasteiger partial charge in [-0.15, -0.1) is 46.3 Å². The van der Waals surface area contributed by atoms with Crippen LogP contribution in [0.15, 0.2) is 79.0 Å². The van der Waals surface area contributed by atoms with Crippen molar-refractivity contribution in [1.29, 1.82) is 0 Å². The number of hydrogen-bond acceptors (Lipinski definition) is 21. The Hall–Kier alpha value is -8.45. The Morgan fingerprint density at radius 2 is 1.01 bits per heavy atom. The lowest BCUT2D eigenvalue weighted by Crippen LogP contribution is -2.44. The normalized spacial score (nSPS) is 15.7. The van der Waals surface area contributed by atoms with E-state index in [1.165, 1.54) is 79.3 Å². The third-order valence-corrected chi connectivity index (χ3v) is 19.5. The van der Waals surface area contributed by atoms with Crippen LogP contribution in [0.25, 0.3) is 27.4 Å². The number of azide groups is 1. The number of carbonyl (C=O) groups excluding carboxylic acids is 3. The summed E-state index contributed by atoms with van der Waals surface area (Å²) in [6.45, 7) is 33.2. The first-order valence-electron chi connectivity index (χ1n) is 37.5. The van der Waals surface area contributed by atoms with Crippen molar-refractivity contribution in [2.75, 3.05) is 145 Å². The second kappa shape index (κ2) is 41.4. The summed E-state index contributed by atoms with van der Waals surface area (Å²) < 4.78 is 17.8. The number of anilines is 5. The quantitative estimate of drug-likeness (QED) is 0.0137. The number of carbonyl (C=O) groups is 3. The topological polar surface area (TPSA) is 311 Å². The Morgan fingerprint density at radius 3 is 1.42 bits per heavy atom. The van der Waals surface area contributed by atoms with E-state index < -0.39 is 23.1 Å². The molecule has 2 aliphatic heterocycles. The SMILES string of the molecule is C#CC(=O)OC(C)(C)C.CCN(C)CC.CCN(C)CC.CN1CCN(c2cc(C3CC3)cn3cc(Cn4cc(C(=O)OC(C)(C)C)nn4)nc23)CC1.CN1CCN(c2cc(C3CC3)cnc2N)CC1.Nc1cc(C2CC2)cn2cc(CCl)nc12.O=C(CCl)CCl.[N-]=[N+]=NCc1cn2cc(C3CC3)cc(N)c2n1. The molecule has 6 N–H and O–H groups in total. The number of halogens is 3. The van der Waals surface area contributed by atoms with Crippen LogP contribution in [0.4, 0.5) is 28.6 Å². The Labute approximate surface area is 652 Å². The molecule has 2 saturated heterocycles. The number of ketones is 1. The molecule has 0 spiro atoms. The highest BCUT2D eigenvalue weighted by atomic mass is 35.5. The lowest BCUT2D eigenvalue weighted by Gasteiger charge is -2.34. The number of nitrogen functional groups attached to an aromatic ring is 3. The highest BCUT2D eigenvalue weighted by Crippen LogP contribution is 2.44. The first-order valence-corrected chi connectivity index (χ1v) is 39.1. The number of terminal acetylenes is 1. The number of Topliss-reactive ketones (excluding diaryl/α,β-unsaturated/α-hetero) is 1. The molecular weight excluding hydrogens is 1430 g/mol. The maximum Gasteiger partial charge on any atom is 0.384 e. The predicted molar refractivity (Wildman–Crippen MR) is 436 cm³/mol. The fraction of sp³-hybridized carbons (Fsp3) is 0.577. The van der Waals surface area contributed by atoms with Crippen molar-refractivity contribution in [2.45, 2.75) is 174 Å². The highest BCUT2D eigenvalue weighted by molar-refractivity contribution is 6.35. The van der Waals surface area contributed by atoms with Gasteiger partial charge in [-0.2, -0.15) is 0 Å². The van der Waals surface area contributed by atoms with Crippen LogP contribution in [0.3, 0.4) is 0 Å². The molecule has 6 fully saturated rings. The van der Waals surface area contributed by atoms with Gasteiger partial charge < -0.3 is 69.3 Å². The summed E-state index contributed by atoms with van der Waals surface area (Å²) in [5, 5.41) is 11.6. The molecule has 0 amide bonds. The number of rotatable bonds is 18. The zero-order chi connectivity index (χ0) is 79.0. The van der Waals surface area contributed by atoms with E-state index in [0.29, 0.717) is 41.7 Å². The van der Waals surface area contributed by atoms with Crippen LogP contribution in [0.2, 0.25) is 0 Å². The summed E-state index contributed by atoms with van der Waals surface area (Å²) in [7, 11) is 8.56. The zero-order valence-corrected chi connectivity index (χ0v) is 68.2. The molecule has 0 unspecified atom stereocenters. The number of imidazole rings is 3. The fourth-order valence-electron chi connectivity index (χ4n) is 11.2. The largest absolute Gasteiger partial charge is 0.455 e. The first-order chi connectivity index (χ1) is 51.4. The number of ether oxygens (including phenoxy) is 2. The molecule has 6 aliphatic rings. The summed E-state index contributed by atoms with van der Waals surface area (Å²) in [5.41, 5.74) is 39.5. The fourth-order valence-corrected chi connectivity index (χ4v) is 11.7. The Morgan fingerprint density at radius 1 is 0.593 bits per heavy atom. The Bertz CT molecular complexity index is 4260. The monoisotopic (exact) mass is 1540 g/mol. The van der Waals surface area contributed by atoms with Gasteiger partial charge in [0, 0.05) is 107 Å². The number of nitrogens with zero attached hydrogens (tertiary/aromatic N) is 19. The van der Waals surface area contributed by atoms with Crippen molar-refractivity contribution in [3.8, 4) is 12.3 Å². The number of esters is 2. The smallest absolute Gasteiger partial charge is 0.384 e. The van der Waals surface area contributed by atoms with Crippen molar-refractivity contribution in [3.63, 3.8) is 0 Å². The van der Waals surface area contributed by atoms with E-state index in [9.17, 15) is 14.4 Å². The molecule has 30 heteroatoms. The zero-order valence-electron chi connectivity index (χ0n) is 65.9. The van der Waals surface area contributed by atoms with E-state index in [1.807, 2.05) is 66.2 Å². The lowest BCUT2D eigenvalue weighted by molar-refractivity contribution is -0.147. The molecule has 27 nitrogen and oxygen atoms in total. The van der Waals surface area contributed by atoms with Crippen LogP contribution < -0.4 is 27.0 Å². The maximum atomic E-state index is 12.3. The summed E-state index contributed by atoms with van der Waals surface area (Å²) >= 11 is 15.8. The number of piperazine rings is 2. The molecule has 0 atom stereocenters. The summed E-state index contributed by atoms with van der Waals surface area (Å²) in [4.78, 5) is 67.3. The molecule has 8 aromatic rings. The number of aromatic nitrogens is 10. The second-order valence-electron chi connectivity index (χ2n) is 30.1. The molecule has 4 saturated carbocycles. The minimum atomic E-state index is -0.609. The van der Waals surface area contributed by atoms with Crippen LogP contribution in [-0.4, -0.2) is 215 Å². The predicted octanol–water partition coefficient (Wildman–Crippen LogP) is 12.9. The Kier molecular flexibility index (Phi) is 33.2. The van der Waals surface area contributed by atoms with E-state index in [-0.39, 0.29) is 29.8 Å². The minimum Gasteiger partial charge on any atom is -0.455 e. The van der Waals surface area contributed by atoms with Crippen molar-refractivity contribution in [2.24, 2.45) is 5.11 Å². The van der Waals surface area contributed by atoms with Gasteiger partial charge in [0.25, 0.3) is 0 Å². The van der Waals surface area contributed by atoms with Crippen molar-refractivity contribution in [1.82, 2.24) is 67.7 Å². The van der Waals surface area contributed by atoms with E-state index in [1.54, 1.807) is 31.6 Å². The van der Waals surface area contributed by atoms with Crippen molar-refractivity contribution in [3.05, 3.63) is 129 Å². The lowest BCUT2D eigenvalue weighted by atomic mass is 10.1. The molecule has 4 aliphatic carbocycles. The molecule has 0 aromatic carbocycles. The van der Waals surface area contributed by atoms with E-state index in [0.717, 1.165) is 130 Å². The molecule has 0 bridgehead atoms. The van der Waals surface area contributed by atoms with Crippen LogP contribution in [0.5, 0.6) is 0 Å². The molecule has 10 heterocycles. The third kappa shape index (κ3) is 28.2. The van der Waals surface area contributed by atoms with Gasteiger partial charge in [0.15, 0.2) is 28.4 Å². The second-order valence-corrected chi connectivity index (χ2v) is 30.9. The molecule has 108 heavy (non-hydrogen) atoms. The number of nitrogens with two attached hydrogens (primary N) is 3. The van der Waals surface area contributed by atoms with Gasteiger partial charge in [0.2, 0.25) is 0 Å². The third-order valence-electron chi connectivity index (χ3n) is 18.6. The number of fused-ring (bicyclic) bond motifs is 3. The van der Waals surface area contributed by atoms with Crippen molar-refractivity contribution >= 4 is 98.0 Å². The first kappa shape index (κ1) is 86.8. The molecular formula is C78H115Cl3N22O5. The number of pyridine rings is 4. The van der Waals surface area contributed by atoms with E-state index >= 15 is 0 Å². The van der Waals surface area contributed by atoms with Gasteiger partial charge in [-0.3, -0.25) is 4.79 Å². The summed E-state index contributed by atoms with van der Waals surface area (Å²) in [6.07, 6.45) is 30.8. The minimum absolute atomic E-state index is 0.0312. The van der Waals surface area contributed by atoms with E-state index in [2.05, 4.69) is 162 Å². The molecule has 0 radical (unpaired) electrons. The van der Waals surface area contributed by atoms with Gasteiger partial charge in [-0.05, 0) is 223 Å². The van der Waals surface area contributed by atoms with Gasteiger partial charge in [0.05, 0.1) is 76.8 Å². The number of alkyl halides is 3. The van der Waals surface area contributed by atoms with Crippen LogP contribution in [0, 0.1) is 12.3 Å². The number of hydrogen-bond donors (Lipinski definition) is 3. The average Bonchev–Trinajstić information content (AvgIpc) is 1.63. The van der Waals surface area contributed by atoms with Gasteiger partial charge in [0.1, 0.15) is 17.0 Å². The highest BCUT2D eigenvalue weighted by Gasteiger charge is 2.30. The summed E-state index contributed by atoms with van der Waals surface area (Å²) in [5.74, 6) is 4.61. The van der Waals surface area contributed by atoms with Crippen LogP contribution in [0.1, 0.15) is 194 Å². The summed E-state index contributed by atoms with van der Waals surface area (Å²) in [6, 6.07) is 8.63. The van der Waals surface area contributed by atoms with Crippen molar-refractivity contribution < 1.29 is 23.9 Å². The Balaban J connectivity index is 0.000000186. The average molecular weight is 1550 g/mol. The molecule has 8 aromatic heterocycles. The maximum absolute atomic E-state index is 12.3.